The van der Waals surface area contributed by atoms with Crippen molar-refractivity contribution in [2.75, 3.05) is 5.32 Å². The molecule has 0 atom stereocenters. The van der Waals surface area contributed by atoms with Gasteiger partial charge in [-0.15, -0.1) is 0 Å². The molecule has 0 fully saturated rings. The second kappa shape index (κ2) is 6.01. The average Bonchev–Trinajstić information content (AvgIpc) is 2.73. The number of hydrogen-bond donors (Lipinski definition) is 1. The Bertz CT molecular complexity index is 656. The SMILES string of the molecule is Cc1cc(Br)c(NCc2cn(C)nc2C(C)(C)C)cc1Cl. The second-order valence-electron chi connectivity index (χ2n) is 6.36. The van der Waals surface area contributed by atoms with Crippen molar-refractivity contribution in [2.45, 2.75) is 39.7 Å². The van der Waals surface area contributed by atoms with Gasteiger partial charge in [0.05, 0.1) is 11.4 Å². The van der Waals surface area contributed by atoms with Crippen LogP contribution in [0.25, 0.3) is 0 Å². The molecule has 0 bridgehead atoms. The highest BCUT2D eigenvalue weighted by Gasteiger charge is 2.21. The zero-order valence-electron chi connectivity index (χ0n) is 13.1. The van der Waals surface area contributed by atoms with Gasteiger partial charge in [-0.25, -0.2) is 0 Å². The fourth-order valence-corrected chi connectivity index (χ4v) is 3.03. The topological polar surface area (TPSA) is 29.9 Å². The Labute approximate surface area is 139 Å². The third kappa shape index (κ3) is 3.80. The largest absolute Gasteiger partial charge is 0.380 e. The molecule has 0 amide bonds. The van der Waals surface area contributed by atoms with E-state index in [0.717, 1.165) is 33.0 Å². The van der Waals surface area contributed by atoms with Crippen LogP contribution in [0.5, 0.6) is 0 Å². The molecule has 5 heteroatoms. The molecule has 1 aromatic carbocycles. The predicted molar refractivity (Wildman–Crippen MR) is 93.1 cm³/mol. The van der Waals surface area contributed by atoms with E-state index in [9.17, 15) is 0 Å². The maximum absolute atomic E-state index is 6.20. The van der Waals surface area contributed by atoms with Gasteiger partial charge in [-0.2, -0.15) is 5.10 Å². The molecule has 1 N–H and O–H groups in total. The van der Waals surface area contributed by atoms with Crippen LogP contribution in [0.2, 0.25) is 5.02 Å². The van der Waals surface area contributed by atoms with Gasteiger partial charge < -0.3 is 5.32 Å². The summed E-state index contributed by atoms with van der Waals surface area (Å²) in [5, 5.41) is 8.79. The highest BCUT2D eigenvalue weighted by molar-refractivity contribution is 9.10. The first kappa shape index (κ1) is 16.4. The number of anilines is 1. The van der Waals surface area contributed by atoms with E-state index in [2.05, 4.69) is 53.3 Å². The lowest BCUT2D eigenvalue weighted by molar-refractivity contribution is 0.549. The van der Waals surface area contributed by atoms with E-state index in [-0.39, 0.29) is 5.41 Å². The van der Waals surface area contributed by atoms with Gasteiger partial charge in [-0.1, -0.05) is 32.4 Å². The van der Waals surface area contributed by atoms with Crippen molar-refractivity contribution in [3.05, 3.63) is 44.6 Å². The number of aromatic nitrogens is 2. The van der Waals surface area contributed by atoms with Crippen molar-refractivity contribution in [3.8, 4) is 0 Å². The third-order valence-electron chi connectivity index (χ3n) is 3.33. The van der Waals surface area contributed by atoms with Crippen LogP contribution in [0.15, 0.2) is 22.8 Å². The molecule has 3 nitrogen and oxygen atoms in total. The van der Waals surface area contributed by atoms with E-state index in [1.165, 1.54) is 5.56 Å². The number of hydrogen-bond acceptors (Lipinski definition) is 2. The minimum absolute atomic E-state index is 0.0282. The summed E-state index contributed by atoms with van der Waals surface area (Å²) < 4.78 is 2.89. The summed E-state index contributed by atoms with van der Waals surface area (Å²) >= 11 is 9.77. The summed E-state index contributed by atoms with van der Waals surface area (Å²) in [6.45, 7) is 9.25. The van der Waals surface area contributed by atoms with Crippen molar-refractivity contribution < 1.29 is 0 Å². The summed E-state index contributed by atoms with van der Waals surface area (Å²) in [5.41, 5.74) is 4.40. The van der Waals surface area contributed by atoms with E-state index in [1.807, 2.05) is 30.8 Å². The Morgan fingerprint density at radius 3 is 2.62 bits per heavy atom. The van der Waals surface area contributed by atoms with Gasteiger partial charge in [-0.05, 0) is 40.5 Å². The molecule has 0 radical (unpaired) electrons. The van der Waals surface area contributed by atoms with Crippen molar-refractivity contribution >= 4 is 33.2 Å². The monoisotopic (exact) mass is 369 g/mol. The number of rotatable bonds is 3. The molecular weight excluding hydrogens is 350 g/mol. The summed E-state index contributed by atoms with van der Waals surface area (Å²) in [7, 11) is 1.96. The van der Waals surface area contributed by atoms with Gasteiger partial charge in [0.15, 0.2) is 0 Å². The lowest BCUT2D eigenvalue weighted by Crippen LogP contribution is -2.16. The van der Waals surface area contributed by atoms with Crippen LogP contribution in [-0.2, 0) is 19.0 Å². The minimum Gasteiger partial charge on any atom is -0.380 e. The Kier molecular flexibility index (Phi) is 4.69. The highest BCUT2D eigenvalue weighted by Crippen LogP contribution is 2.30. The first-order chi connectivity index (χ1) is 9.68. The Morgan fingerprint density at radius 1 is 1.33 bits per heavy atom. The smallest absolute Gasteiger partial charge is 0.0727 e. The second-order valence-corrected chi connectivity index (χ2v) is 7.62. The van der Waals surface area contributed by atoms with Gasteiger partial charge in [0.25, 0.3) is 0 Å². The fraction of sp³-hybridized carbons (Fsp3) is 0.438. The number of aryl methyl sites for hydroxylation is 2. The zero-order valence-corrected chi connectivity index (χ0v) is 15.4. The molecule has 114 valence electrons. The molecule has 2 aromatic rings. The van der Waals surface area contributed by atoms with Gasteiger partial charge in [0.1, 0.15) is 0 Å². The highest BCUT2D eigenvalue weighted by atomic mass is 79.9. The number of nitrogens with one attached hydrogen (secondary N) is 1. The summed E-state index contributed by atoms with van der Waals surface area (Å²) in [6, 6.07) is 3.98. The molecule has 21 heavy (non-hydrogen) atoms. The van der Waals surface area contributed by atoms with Crippen molar-refractivity contribution in [2.24, 2.45) is 7.05 Å². The summed E-state index contributed by atoms with van der Waals surface area (Å²) in [4.78, 5) is 0. The Morgan fingerprint density at radius 2 is 2.00 bits per heavy atom. The van der Waals surface area contributed by atoms with Crippen LogP contribution in [-0.4, -0.2) is 9.78 Å². The van der Waals surface area contributed by atoms with Gasteiger partial charge in [0, 0.05) is 40.3 Å². The maximum atomic E-state index is 6.20. The van der Waals surface area contributed by atoms with E-state index in [1.54, 1.807) is 0 Å². The van der Waals surface area contributed by atoms with Crippen molar-refractivity contribution in [3.63, 3.8) is 0 Å². The first-order valence-corrected chi connectivity index (χ1v) is 8.08. The van der Waals surface area contributed by atoms with Crippen LogP contribution in [0.1, 0.15) is 37.6 Å². The van der Waals surface area contributed by atoms with Crippen molar-refractivity contribution in [1.82, 2.24) is 9.78 Å². The quantitative estimate of drug-likeness (QED) is 0.819. The van der Waals surface area contributed by atoms with Gasteiger partial charge >= 0.3 is 0 Å². The molecule has 2 rings (SSSR count). The lowest BCUT2D eigenvalue weighted by atomic mass is 9.89. The Hall–Kier alpha value is -1.000. The van der Waals surface area contributed by atoms with Crippen LogP contribution in [0.4, 0.5) is 5.69 Å². The average molecular weight is 371 g/mol. The fourth-order valence-electron chi connectivity index (χ4n) is 2.27. The molecule has 0 saturated heterocycles. The van der Waals surface area contributed by atoms with Crippen LogP contribution in [0.3, 0.4) is 0 Å². The van der Waals surface area contributed by atoms with Crippen molar-refractivity contribution in [1.29, 1.82) is 0 Å². The molecule has 0 aliphatic carbocycles. The van der Waals surface area contributed by atoms with Crippen LogP contribution in [0, 0.1) is 6.92 Å². The molecule has 0 unspecified atom stereocenters. The van der Waals surface area contributed by atoms with Gasteiger partial charge in [0.2, 0.25) is 0 Å². The molecule has 0 spiro atoms. The zero-order chi connectivity index (χ0) is 15.8. The summed E-state index contributed by atoms with van der Waals surface area (Å²) in [5.74, 6) is 0. The molecule has 0 aliphatic heterocycles. The number of benzene rings is 1. The molecule has 1 aromatic heterocycles. The summed E-state index contributed by atoms with van der Waals surface area (Å²) in [6.07, 6.45) is 2.07. The molecular formula is C16H21BrClN3. The number of halogens is 2. The molecule has 0 saturated carbocycles. The first-order valence-electron chi connectivity index (χ1n) is 6.91. The predicted octanol–water partition coefficient (Wildman–Crippen LogP) is 5.05. The minimum atomic E-state index is 0.0282. The molecule has 0 aliphatic rings. The third-order valence-corrected chi connectivity index (χ3v) is 4.40. The normalized spacial score (nSPS) is 11.8. The van der Waals surface area contributed by atoms with E-state index in [4.69, 9.17) is 11.6 Å². The standard InChI is InChI=1S/C16H21BrClN3/c1-10-6-12(17)14(7-13(10)18)19-8-11-9-21(5)20-15(11)16(2,3)4/h6-7,9,19H,8H2,1-5H3. The van der Waals surface area contributed by atoms with Crippen LogP contribution >= 0.6 is 27.5 Å². The maximum Gasteiger partial charge on any atom is 0.0727 e. The Balaban J connectivity index is 2.23. The van der Waals surface area contributed by atoms with Gasteiger partial charge in [-0.3, -0.25) is 4.68 Å². The number of nitrogens with zero attached hydrogens (tertiary/aromatic N) is 2. The molecule has 1 heterocycles. The van der Waals surface area contributed by atoms with E-state index < -0.39 is 0 Å². The van der Waals surface area contributed by atoms with E-state index >= 15 is 0 Å². The van der Waals surface area contributed by atoms with E-state index in [0.29, 0.717) is 0 Å². The lowest BCUT2D eigenvalue weighted by Gasteiger charge is -2.18. The van der Waals surface area contributed by atoms with Crippen LogP contribution < -0.4 is 5.32 Å².